The Balaban J connectivity index is 1.49. The van der Waals surface area contributed by atoms with Crippen LogP contribution in [0.2, 0.25) is 0 Å². The van der Waals surface area contributed by atoms with Crippen molar-refractivity contribution in [2.45, 2.75) is 32.2 Å². The van der Waals surface area contributed by atoms with Crippen LogP contribution in [0, 0.1) is 11.2 Å². The number of nitrogens with zero attached hydrogens (tertiary/aromatic N) is 3. The molecule has 5 heteroatoms. The molecule has 0 N–H and O–H groups in total. The number of likely N-dealkylation sites (tertiary alicyclic amines) is 1. The molecule has 2 saturated heterocycles. The SMILES string of the molecule is O=C1CC[C@@]2(CCCN(c3ccc(F)cn3)C2)CN1Cc1ccccc1. The molecule has 1 amide bonds. The summed E-state index contributed by atoms with van der Waals surface area (Å²) in [5.41, 5.74) is 1.28. The lowest BCUT2D eigenvalue weighted by atomic mass is 9.73. The van der Waals surface area contributed by atoms with E-state index in [1.165, 1.54) is 17.8 Å². The summed E-state index contributed by atoms with van der Waals surface area (Å²) in [6.45, 7) is 3.28. The van der Waals surface area contributed by atoms with Gasteiger partial charge in [0.15, 0.2) is 0 Å². The number of halogens is 1. The van der Waals surface area contributed by atoms with Gasteiger partial charge in [0.25, 0.3) is 0 Å². The average Bonchev–Trinajstić information content (AvgIpc) is 2.67. The molecule has 1 atom stereocenters. The topological polar surface area (TPSA) is 36.4 Å². The van der Waals surface area contributed by atoms with Gasteiger partial charge < -0.3 is 9.80 Å². The first-order chi connectivity index (χ1) is 12.6. The maximum absolute atomic E-state index is 13.2. The highest BCUT2D eigenvalue weighted by Crippen LogP contribution is 2.40. The molecular formula is C21H24FN3O. The van der Waals surface area contributed by atoms with Crippen LogP contribution in [0.4, 0.5) is 10.2 Å². The lowest BCUT2D eigenvalue weighted by Gasteiger charge is -2.48. The largest absolute Gasteiger partial charge is 0.356 e. The van der Waals surface area contributed by atoms with Gasteiger partial charge in [-0.25, -0.2) is 9.37 Å². The minimum absolute atomic E-state index is 0.108. The minimum atomic E-state index is -0.308. The molecule has 0 saturated carbocycles. The smallest absolute Gasteiger partial charge is 0.222 e. The fourth-order valence-corrected chi connectivity index (χ4v) is 4.34. The number of anilines is 1. The fraction of sp³-hybridized carbons (Fsp3) is 0.429. The van der Waals surface area contributed by atoms with Gasteiger partial charge in [0.2, 0.25) is 5.91 Å². The molecule has 3 heterocycles. The average molecular weight is 353 g/mol. The van der Waals surface area contributed by atoms with Crippen molar-refractivity contribution < 1.29 is 9.18 Å². The summed E-state index contributed by atoms with van der Waals surface area (Å²) in [4.78, 5) is 21.0. The van der Waals surface area contributed by atoms with E-state index in [2.05, 4.69) is 22.0 Å². The number of carbonyl (C=O) groups is 1. The number of piperidine rings is 2. The number of rotatable bonds is 3. The summed E-state index contributed by atoms with van der Waals surface area (Å²) in [6.07, 6.45) is 5.02. The molecule has 2 fully saturated rings. The van der Waals surface area contributed by atoms with Crippen molar-refractivity contribution >= 4 is 11.7 Å². The van der Waals surface area contributed by atoms with Crippen molar-refractivity contribution in [3.63, 3.8) is 0 Å². The van der Waals surface area contributed by atoms with Crippen molar-refractivity contribution in [1.82, 2.24) is 9.88 Å². The van der Waals surface area contributed by atoms with E-state index in [0.717, 1.165) is 44.7 Å². The van der Waals surface area contributed by atoms with Gasteiger partial charge in [-0.05, 0) is 37.0 Å². The predicted molar refractivity (Wildman–Crippen MR) is 99.2 cm³/mol. The third-order valence-corrected chi connectivity index (χ3v) is 5.66. The molecule has 1 aromatic heterocycles. The molecule has 136 valence electrons. The zero-order chi connectivity index (χ0) is 18.0. The van der Waals surface area contributed by atoms with Gasteiger partial charge in [0.05, 0.1) is 6.20 Å². The third-order valence-electron chi connectivity index (χ3n) is 5.66. The van der Waals surface area contributed by atoms with Gasteiger partial charge in [-0.3, -0.25) is 4.79 Å². The maximum Gasteiger partial charge on any atom is 0.222 e. The summed E-state index contributed by atoms with van der Waals surface area (Å²) < 4.78 is 13.2. The lowest BCUT2D eigenvalue weighted by molar-refractivity contribution is -0.138. The van der Waals surface area contributed by atoms with Crippen LogP contribution in [-0.4, -0.2) is 35.4 Å². The first-order valence-corrected chi connectivity index (χ1v) is 9.32. The standard InChI is InChI=1S/C21H24FN3O/c22-18-7-8-19(23-13-18)24-12-4-10-21(15-24)11-9-20(26)25(16-21)14-17-5-2-1-3-6-17/h1-3,5-8,13H,4,9-12,14-16H2/t21-/m1/s1. The quantitative estimate of drug-likeness (QED) is 0.845. The second kappa shape index (κ2) is 7.06. The van der Waals surface area contributed by atoms with E-state index >= 15 is 0 Å². The van der Waals surface area contributed by atoms with E-state index in [-0.39, 0.29) is 17.1 Å². The summed E-state index contributed by atoms with van der Waals surface area (Å²) in [7, 11) is 0. The molecule has 0 radical (unpaired) electrons. The number of carbonyl (C=O) groups excluding carboxylic acids is 1. The molecule has 4 rings (SSSR count). The highest BCUT2D eigenvalue weighted by Gasteiger charge is 2.41. The number of aromatic nitrogens is 1. The first kappa shape index (κ1) is 17.0. The van der Waals surface area contributed by atoms with Gasteiger partial charge in [-0.2, -0.15) is 0 Å². The van der Waals surface area contributed by atoms with Crippen molar-refractivity contribution in [1.29, 1.82) is 0 Å². The summed E-state index contributed by atoms with van der Waals surface area (Å²) in [5.74, 6) is 0.770. The fourth-order valence-electron chi connectivity index (χ4n) is 4.34. The van der Waals surface area contributed by atoms with Crippen molar-refractivity contribution in [2.75, 3.05) is 24.5 Å². The minimum Gasteiger partial charge on any atom is -0.356 e. The Hall–Kier alpha value is -2.43. The van der Waals surface area contributed by atoms with E-state index < -0.39 is 0 Å². The van der Waals surface area contributed by atoms with Gasteiger partial charge in [-0.1, -0.05) is 30.3 Å². The zero-order valence-electron chi connectivity index (χ0n) is 14.9. The Morgan fingerprint density at radius 3 is 2.69 bits per heavy atom. The lowest BCUT2D eigenvalue weighted by Crippen LogP contribution is -2.54. The molecule has 1 aromatic carbocycles. The molecule has 0 aliphatic carbocycles. The van der Waals surface area contributed by atoms with Crippen LogP contribution in [0.3, 0.4) is 0 Å². The normalized spacial score (nSPS) is 23.5. The monoisotopic (exact) mass is 353 g/mol. The van der Waals surface area contributed by atoms with Crippen LogP contribution < -0.4 is 4.90 Å². The van der Waals surface area contributed by atoms with Crippen molar-refractivity contribution in [3.8, 4) is 0 Å². The molecule has 0 unspecified atom stereocenters. The highest BCUT2D eigenvalue weighted by molar-refractivity contribution is 5.77. The number of pyridine rings is 1. The van der Waals surface area contributed by atoms with Crippen molar-refractivity contribution in [3.05, 3.63) is 60.0 Å². The van der Waals surface area contributed by atoms with Crippen LogP contribution in [0.25, 0.3) is 0 Å². The predicted octanol–water partition coefficient (Wildman–Crippen LogP) is 3.63. The highest BCUT2D eigenvalue weighted by atomic mass is 19.1. The van der Waals surface area contributed by atoms with Crippen LogP contribution >= 0.6 is 0 Å². The Morgan fingerprint density at radius 1 is 1.08 bits per heavy atom. The number of hydrogen-bond donors (Lipinski definition) is 0. The van der Waals surface area contributed by atoms with Crippen LogP contribution in [0.5, 0.6) is 0 Å². The maximum atomic E-state index is 13.2. The molecule has 1 spiro atoms. The molecule has 0 bridgehead atoms. The summed E-state index contributed by atoms with van der Waals surface area (Å²) in [6, 6.07) is 13.4. The molecule has 2 aliphatic rings. The summed E-state index contributed by atoms with van der Waals surface area (Å²) in [5, 5.41) is 0. The van der Waals surface area contributed by atoms with Gasteiger partial charge in [-0.15, -0.1) is 0 Å². The zero-order valence-corrected chi connectivity index (χ0v) is 14.9. The van der Waals surface area contributed by atoms with Crippen LogP contribution in [0.1, 0.15) is 31.2 Å². The van der Waals surface area contributed by atoms with Gasteiger partial charge >= 0.3 is 0 Å². The van der Waals surface area contributed by atoms with E-state index in [1.807, 2.05) is 23.1 Å². The molecule has 2 aliphatic heterocycles. The second-order valence-electron chi connectivity index (χ2n) is 7.60. The molecular weight excluding hydrogens is 329 g/mol. The number of benzene rings is 1. The molecule has 2 aromatic rings. The van der Waals surface area contributed by atoms with E-state index in [1.54, 1.807) is 6.07 Å². The van der Waals surface area contributed by atoms with Crippen LogP contribution in [0.15, 0.2) is 48.7 Å². The number of amides is 1. The Bertz CT molecular complexity index is 765. The Kier molecular flexibility index (Phi) is 4.62. The summed E-state index contributed by atoms with van der Waals surface area (Å²) >= 11 is 0. The second-order valence-corrected chi connectivity index (χ2v) is 7.60. The number of hydrogen-bond acceptors (Lipinski definition) is 3. The van der Waals surface area contributed by atoms with Gasteiger partial charge in [0, 0.05) is 38.0 Å². The van der Waals surface area contributed by atoms with Crippen LogP contribution in [-0.2, 0) is 11.3 Å². The Morgan fingerprint density at radius 2 is 1.92 bits per heavy atom. The molecule has 4 nitrogen and oxygen atoms in total. The van der Waals surface area contributed by atoms with E-state index in [4.69, 9.17) is 0 Å². The first-order valence-electron chi connectivity index (χ1n) is 9.32. The Labute approximate surface area is 153 Å². The third kappa shape index (κ3) is 3.57. The molecule has 26 heavy (non-hydrogen) atoms. The van der Waals surface area contributed by atoms with E-state index in [0.29, 0.717) is 13.0 Å². The van der Waals surface area contributed by atoms with Crippen molar-refractivity contribution in [2.24, 2.45) is 5.41 Å². The van der Waals surface area contributed by atoms with Gasteiger partial charge in [0.1, 0.15) is 11.6 Å². The van der Waals surface area contributed by atoms with E-state index in [9.17, 15) is 9.18 Å².